The Kier molecular flexibility index (Phi) is 16.2. The summed E-state index contributed by atoms with van der Waals surface area (Å²) in [5.41, 5.74) is 0. The first-order chi connectivity index (χ1) is 12.5. The number of aliphatic carboxylic acids is 2. The minimum absolute atomic E-state index is 0.197. The first-order valence-electron chi connectivity index (χ1n) is 10.6. The second kappa shape index (κ2) is 17.1. The van der Waals surface area contributed by atoms with E-state index in [-0.39, 0.29) is 24.7 Å². The number of allylic oxidation sites excluding steroid dienone is 2. The molecule has 4 nitrogen and oxygen atoms in total. The van der Waals surface area contributed by atoms with Crippen LogP contribution in [0.1, 0.15) is 104 Å². The fourth-order valence-electron chi connectivity index (χ4n) is 3.40. The number of unbranched alkanes of at least 4 members (excludes halogenated alkanes) is 6. The van der Waals surface area contributed by atoms with Crippen molar-refractivity contribution in [3.8, 4) is 0 Å². The molecule has 0 rings (SSSR count). The highest BCUT2D eigenvalue weighted by Crippen LogP contribution is 2.21. The molecule has 26 heavy (non-hydrogen) atoms. The van der Waals surface area contributed by atoms with Gasteiger partial charge in [-0.3, -0.25) is 9.59 Å². The van der Waals surface area contributed by atoms with Crippen LogP contribution in [0.4, 0.5) is 0 Å². The quantitative estimate of drug-likeness (QED) is 0.215. The number of hydrogen-bond donors (Lipinski definition) is 2. The molecular weight excluding hydrogens is 328 g/mol. The number of carboxylic acid groups (broad SMARTS) is 2. The number of rotatable bonds is 18. The van der Waals surface area contributed by atoms with Gasteiger partial charge in [-0.15, -0.1) is 0 Å². The lowest BCUT2D eigenvalue weighted by Gasteiger charge is -2.14. The summed E-state index contributed by atoms with van der Waals surface area (Å²) < 4.78 is 0. The molecule has 0 aliphatic carbocycles. The van der Waals surface area contributed by atoms with Gasteiger partial charge in [-0.25, -0.2) is 0 Å². The zero-order valence-corrected chi connectivity index (χ0v) is 16.9. The molecule has 2 N–H and O–H groups in total. The summed E-state index contributed by atoms with van der Waals surface area (Å²) in [6.07, 6.45) is 17.5. The van der Waals surface area contributed by atoms with Crippen molar-refractivity contribution in [2.45, 2.75) is 104 Å². The predicted octanol–water partition coefficient (Wildman–Crippen LogP) is 6.45. The Morgan fingerprint density at radius 3 is 1.38 bits per heavy atom. The Balaban J connectivity index is 4.30. The molecular formula is C22H40O4. The van der Waals surface area contributed by atoms with Crippen molar-refractivity contribution in [1.82, 2.24) is 0 Å². The topological polar surface area (TPSA) is 74.6 Å². The monoisotopic (exact) mass is 368 g/mol. The Labute approximate surface area is 160 Å². The van der Waals surface area contributed by atoms with Gasteiger partial charge in [0.15, 0.2) is 0 Å². The smallest absolute Gasteiger partial charge is 0.303 e. The van der Waals surface area contributed by atoms with Crippen molar-refractivity contribution in [2.24, 2.45) is 11.8 Å². The first kappa shape index (κ1) is 24.7. The predicted molar refractivity (Wildman–Crippen MR) is 107 cm³/mol. The van der Waals surface area contributed by atoms with E-state index in [2.05, 4.69) is 26.0 Å². The van der Waals surface area contributed by atoms with Gasteiger partial charge in [-0.05, 0) is 37.5 Å². The summed E-state index contributed by atoms with van der Waals surface area (Å²) in [7, 11) is 0. The van der Waals surface area contributed by atoms with Crippen LogP contribution >= 0.6 is 0 Å². The minimum Gasteiger partial charge on any atom is -0.481 e. The third kappa shape index (κ3) is 16.2. The van der Waals surface area contributed by atoms with Crippen LogP contribution in [0.5, 0.6) is 0 Å². The van der Waals surface area contributed by atoms with Crippen molar-refractivity contribution in [2.75, 3.05) is 0 Å². The maximum atomic E-state index is 11.0. The normalized spacial score (nSPS) is 13.8. The molecule has 4 heteroatoms. The lowest BCUT2D eigenvalue weighted by atomic mass is 9.92. The molecule has 0 fully saturated rings. The maximum Gasteiger partial charge on any atom is 0.303 e. The SMILES string of the molecule is CCCCCCC(CC=CCC(CCCCCC)CC(=O)O)CC(=O)O. The summed E-state index contributed by atoms with van der Waals surface area (Å²) in [5.74, 6) is -1.05. The van der Waals surface area contributed by atoms with E-state index >= 15 is 0 Å². The molecule has 2 unspecified atom stereocenters. The van der Waals surface area contributed by atoms with Crippen LogP contribution in [0.3, 0.4) is 0 Å². The Morgan fingerprint density at radius 2 is 1.08 bits per heavy atom. The molecule has 0 aromatic carbocycles. The van der Waals surface area contributed by atoms with Crippen LogP contribution in [-0.2, 0) is 9.59 Å². The highest BCUT2D eigenvalue weighted by atomic mass is 16.4. The van der Waals surface area contributed by atoms with Gasteiger partial charge in [0.05, 0.1) is 0 Å². The molecule has 0 aliphatic heterocycles. The zero-order chi connectivity index (χ0) is 19.6. The van der Waals surface area contributed by atoms with Crippen LogP contribution in [0, 0.1) is 11.8 Å². The summed E-state index contributed by atoms with van der Waals surface area (Å²) in [6, 6.07) is 0. The van der Waals surface area contributed by atoms with Gasteiger partial charge in [-0.2, -0.15) is 0 Å². The van der Waals surface area contributed by atoms with E-state index < -0.39 is 11.9 Å². The van der Waals surface area contributed by atoms with Gasteiger partial charge in [0.2, 0.25) is 0 Å². The third-order valence-electron chi connectivity index (χ3n) is 4.96. The van der Waals surface area contributed by atoms with Crippen LogP contribution < -0.4 is 0 Å². The molecule has 0 heterocycles. The lowest BCUT2D eigenvalue weighted by Crippen LogP contribution is -2.08. The van der Waals surface area contributed by atoms with E-state index in [1.165, 1.54) is 38.5 Å². The van der Waals surface area contributed by atoms with E-state index in [4.69, 9.17) is 10.2 Å². The van der Waals surface area contributed by atoms with Gasteiger partial charge in [-0.1, -0.05) is 77.4 Å². The highest BCUT2D eigenvalue weighted by Gasteiger charge is 2.13. The summed E-state index contributed by atoms with van der Waals surface area (Å²) >= 11 is 0. The Bertz CT molecular complexity index is 354. The van der Waals surface area contributed by atoms with E-state index in [0.29, 0.717) is 0 Å². The molecule has 0 aromatic rings. The number of carboxylic acids is 2. The van der Waals surface area contributed by atoms with Gasteiger partial charge in [0.1, 0.15) is 0 Å². The van der Waals surface area contributed by atoms with E-state index in [9.17, 15) is 9.59 Å². The number of carbonyl (C=O) groups is 2. The second-order valence-corrected chi connectivity index (χ2v) is 7.57. The van der Waals surface area contributed by atoms with Crippen molar-refractivity contribution in [1.29, 1.82) is 0 Å². The zero-order valence-electron chi connectivity index (χ0n) is 16.9. The highest BCUT2D eigenvalue weighted by molar-refractivity contribution is 5.67. The third-order valence-corrected chi connectivity index (χ3v) is 4.96. The summed E-state index contributed by atoms with van der Waals surface area (Å²) in [6.45, 7) is 4.35. The van der Waals surface area contributed by atoms with E-state index in [0.717, 1.165) is 38.5 Å². The van der Waals surface area contributed by atoms with Gasteiger partial charge in [0.25, 0.3) is 0 Å². The fourth-order valence-corrected chi connectivity index (χ4v) is 3.40. The first-order valence-corrected chi connectivity index (χ1v) is 10.6. The molecule has 0 radical (unpaired) electrons. The molecule has 0 amide bonds. The standard InChI is InChI=1S/C22H40O4/c1-3-5-7-9-13-19(17-21(23)24)15-11-12-16-20(18-22(25)26)14-10-8-6-4-2/h11-12,19-20H,3-10,13-18H2,1-2H3,(H,23,24)(H,25,26). The summed E-state index contributed by atoms with van der Waals surface area (Å²) in [4.78, 5) is 22.1. The Morgan fingerprint density at radius 1 is 0.692 bits per heavy atom. The maximum absolute atomic E-state index is 11.0. The fraction of sp³-hybridized carbons (Fsp3) is 0.818. The Hall–Kier alpha value is -1.32. The van der Waals surface area contributed by atoms with Gasteiger partial charge >= 0.3 is 11.9 Å². The number of hydrogen-bond acceptors (Lipinski definition) is 2. The van der Waals surface area contributed by atoms with Crippen LogP contribution in [-0.4, -0.2) is 22.2 Å². The van der Waals surface area contributed by atoms with Crippen LogP contribution in [0.25, 0.3) is 0 Å². The average molecular weight is 369 g/mol. The molecule has 2 atom stereocenters. The van der Waals surface area contributed by atoms with E-state index in [1.54, 1.807) is 0 Å². The van der Waals surface area contributed by atoms with E-state index in [1.807, 2.05) is 0 Å². The van der Waals surface area contributed by atoms with Crippen molar-refractivity contribution in [3.05, 3.63) is 12.2 Å². The summed E-state index contributed by atoms with van der Waals surface area (Å²) in [5, 5.41) is 18.2. The second-order valence-electron chi connectivity index (χ2n) is 7.57. The van der Waals surface area contributed by atoms with Crippen LogP contribution in [0.15, 0.2) is 12.2 Å². The molecule has 0 saturated carbocycles. The van der Waals surface area contributed by atoms with Gasteiger partial charge < -0.3 is 10.2 Å². The molecule has 0 spiro atoms. The minimum atomic E-state index is -0.724. The largest absolute Gasteiger partial charge is 0.481 e. The van der Waals surface area contributed by atoms with Gasteiger partial charge in [0, 0.05) is 12.8 Å². The van der Waals surface area contributed by atoms with Crippen molar-refractivity contribution < 1.29 is 19.8 Å². The van der Waals surface area contributed by atoms with Crippen molar-refractivity contribution in [3.63, 3.8) is 0 Å². The average Bonchev–Trinajstić information content (AvgIpc) is 2.57. The lowest BCUT2D eigenvalue weighted by molar-refractivity contribution is -0.139. The molecule has 0 aliphatic rings. The molecule has 0 bridgehead atoms. The molecule has 152 valence electrons. The molecule has 0 aromatic heterocycles. The van der Waals surface area contributed by atoms with Crippen LogP contribution in [0.2, 0.25) is 0 Å². The molecule has 0 saturated heterocycles. The van der Waals surface area contributed by atoms with Crippen molar-refractivity contribution >= 4 is 11.9 Å².